The van der Waals surface area contributed by atoms with Gasteiger partial charge >= 0.3 is 0 Å². The van der Waals surface area contributed by atoms with E-state index in [0.29, 0.717) is 0 Å². The molecule has 1 aromatic heterocycles. The summed E-state index contributed by atoms with van der Waals surface area (Å²) in [6, 6.07) is 4.17. The minimum atomic E-state index is -0.0371. The molecule has 2 N–H and O–H groups in total. The molecule has 3 heteroatoms. The number of nitrogens with zero attached hydrogens (tertiary/aromatic N) is 1. The first-order valence-electron chi connectivity index (χ1n) is 6.23. The minimum absolute atomic E-state index is 0.0371. The van der Waals surface area contributed by atoms with E-state index >= 15 is 0 Å². The molecule has 90 valence electrons. The van der Waals surface area contributed by atoms with Gasteiger partial charge in [-0.15, -0.1) is 0 Å². The molecule has 0 radical (unpaired) electrons. The lowest BCUT2D eigenvalue weighted by Crippen LogP contribution is -2.29. The van der Waals surface area contributed by atoms with E-state index in [-0.39, 0.29) is 6.10 Å². The van der Waals surface area contributed by atoms with Crippen molar-refractivity contribution in [3.63, 3.8) is 0 Å². The molecule has 1 heterocycles. The Morgan fingerprint density at radius 2 is 2.12 bits per heavy atom. The van der Waals surface area contributed by atoms with Gasteiger partial charge in [0.2, 0.25) is 0 Å². The van der Waals surface area contributed by atoms with Gasteiger partial charge in [0.05, 0.1) is 6.10 Å². The smallest absolute Gasteiger partial charge is 0.0540 e. The van der Waals surface area contributed by atoms with Crippen LogP contribution in [0.2, 0.25) is 0 Å². The van der Waals surface area contributed by atoms with E-state index in [9.17, 15) is 5.11 Å². The van der Waals surface area contributed by atoms with Crippen LogP contribution >= 0.6 is 0 Å². The summed E-state index contributed by atoms with van der Waals surface area (Å²) in [4.78, 5) is 5.60. The molecule has 0 aromatic carbocycles. The Kier molecular flexibility index (Phi) is 4.02. The quantitative estimate of drug-likeness (QED) is 0.818. The van der Waals surface area contributed by atoms with Crippen molar-refractivity contribution in [3.8, 4) is 0 Å². The maximum Gasteiger partial charge on any atom is 0.0540 e. The van der Waals surface area contributed by atoms with Crippen LogP contribution in [0.15, 0.2) is 18.3 Å². The van der Waals surface area contributed by atoms with Crippen molar-refractivity contribution in [1.82, 2.24) is 9.88 Å². The van der Waals surface area contributed by atoms with Crippen molar-refractivity contribution in [2.45, 2.75) is 38.3 Å². The Bertz CT molecular complexity index is 289. The van der Waals surface area contributed by atoms with E-state index < -0.39 is 0 Å². The number of rotatable bonds is 4. The first kappa shape index (κ1) is 11.7. The molecule has 0 atom stereocenters. The fourth-order valence-electron chi connectivity index (χ4n) is 2.59. The van der Waals surface area contributed by atoms with Gasteiger partial charge in [0, 0.05) is 25.0 Å². The number of aliphatic hydroxyl groups is 1. The SMILES string of the molecule is CN(Cc1ccc[nH]1)CC1CCC(O)CC1. The van der Waals surface area contributed by atoms with Crippen LogP contribution in [-0.4, -0.2) is 34.7 Å². The molecule has 0 amide bonds. The molecule has 3 nitrogen and oxygen atoms in total. The molecule has 1 aromatic rings. The van der Waals surface area contributed by atoms with Crippen molar-refractivity contribution in [2.24, 2.45) is 5.92 Å². The van der Waals surface area contributed by atoms with Gasteiger partial charge in [0.15, 0.2) is 0 Å². The highest BCUT2D eigenvalue weighted by Crippen LogP contribution is 2.24. The summed E-state index contributed by atoms with van der Waals surface area (Å²) >= 11 is 0. The number of aromatic nitrogens is 1. The van der Waals surface area contributed by atoms with Crippen LogP contribution in [-0.2, 0) is 6.54 Å². The highest BCUT2D eigenvalue weighted by molar-refractivity contribution is 5.03. The first-order chi connectivity index (χ1) is 7.74. The van der Waals surface area contributed by atoms with Gasteiger partial charge in [-0.25, -0.2) is 0 Å². The fraction of sp³-hybridized carbons (Fsp3) is 0.692. The molecule has 0 spiro atoms. The number of hydrogen-bond acceptors (Lipinski definition) is 2. The summed E-state index contributed by atoms with van der Waals surface area (Å²) in [5.41, 5.74) is 1.28. The molecule has 0 unspecified atom stereocenters. The zero-order valence-electron chi connectivity index (χ0n) is 10.0. The molecule has 0 saturated heterocycles. The normalized spacial score (nSPS) is 26.2. The summed E-state index contributed by atoms with van der Waals surface area (Å²) in [5.74, 6) is 0.767. The highest BCUT2D eigenvalue weighted by atomic mass is 16.3. The Morgan fingerprint density at radius 1 is 1.38 bits per heavy atom. The van der Waals surface area contributed by atoms with Crippen molar-refractivity contribution in [2.75, 3.05) is 13.6 Å². The summed E-state index contributed by atoms with van der Waals surface area (Å²) in [5, 5.41) is 9.45. The molecule has 2 rings (SSSR count). The number of aromatic amines is 1. The zero-order valence-corrected chi connectivity index (χ0v) is 10.0. The molecule has 1 aliphatic rings. The van der Waals surface area contributed by atoms with Gasteiger partial charge in [-0.1, -0.05) is 0 Å². The van der Waals surface area contributed by atoms with Gasteiger partial charge < -0.3 is 15.0 Å². The average Bonchev–Trinajstić information content (AvgIpc) is 2.74. The van der Waals surface area contributed by atoms with E-state index in [1.165, 1.54) is 18.5 Å². The van der Waals surface area contributed by atoms with Gasteiger partial charge in [-0.3, -0.25) is 0 Å². The van der Waals surface area contributed by atoms with E-state index in [1.807, 2.05) is 12.3 Å². The van der Waals surface area contributed by atoms with E-state index in [1.54, 1.807) is 0 Å². The Balaban J connectivity index is 1.72. The monoisotopic (exact) mass is 222 g/mol. The second-order valence-corrected chi connectivity index (χ2v) is 5.07. The van der Waals surface area contributed by atoms with Crippen molar-refractivity contribution < 1.29 is 5.11 Å². The van der Waals surface area contributed by atoms with E-state index in [4.69, 9.17) is 0 Å². The van der Waals surface area contributed by atoms with Crippen LogP contribution in [0, 0.1) is 5.92 Å². The van der Waals surface area contributed by atoms with Crippen LogP contribution < -0.4 is 0 Å². The third-order valence-corrected chi connectivity index (χ3v) is 3.49. The van der Waals surface area contributed by atoms with Crippen LogP contribution in [0.3, 0.4) is 0 Å². The van der Waals surface area contributed by atoms with Crippen molar-refractivity contribution in [3.05, 3.63) is 24.0 Å². The number of nitrogens with one attached hydrogen (secondary N) is 1. The molecule has 16 heavy (non-hydrogen) atoms. The Hall–Kier alpha value is -0.800. The van der Waals surface area contributed by atoms with Gasteiger partial charge in [0.1, 0.15) is 0 Å². The third-order valence-electron chi connectivity index (χ3n) is 3.49. The lowest BCUT2D eigenvalue weighted by Gasteiger charge is -2.29. The summed E-state index contributed by atoms with van der Waals surface area (Å²) in [7, 11) is 2.17. The Morgan fingerprint density at radius 3 is 2.75 bits per heavy atom. The minimum Gasteiger partial charge on any atom is -0.393 e. The van der Waals surface area contributed by atoms with E-state index in [0.717, 1.165) is 31.8 Å². The third kappa shape index (κ3) is 3.35. The van der Waals surface area contributed by atoms with Gasteiger partial charge in [-0.2, -0.15) is 0 Å². The first-order valence-corrected chi connectivity index (χ1v) is 6.23. The largest absolute Gasteiger partial charge is 0.393 e. The number of aliphatic hydroxyl groups excluding tert-OH is 1. The van der Waals surface area contributed by atoms with Gasteiger partial charge in [0.25, 0.3) is 0 Å². The predicted molar refractivity (Wildman–Crippen MR) is 65.1 cm³/mol. The lowest BCUT2D eigenvalue weighted by atomic mass is 9.87. The molecule has 0 bridgehead atoms. The van der Waals surface area contributed by atoms with Crippen LogP contribution in [0.5, 0.6) is 0 Å². The second kappa shape index (κ2) is 5.51. The summed E-state index contributed by atoms with van der Waals surface area (Å²) in [6.45, 7) is 2.14. The lowest BCUT2D eigenvalue weighted by molar-refractivity contribution is 0.0966. The molecule has 1 fully saturated rings. The summed E-state index contributed by atoms with van der Waals surface area (Å²) < 4.78 is 0. The predicted octanol–water partition coefficient (Wildman–Crippen LogP) is 2.00. The van der Waals surface area contributed by atoms with Gasteiger partial charge in [-0.05, 0) is 50.8 Å². The number of hydrogen-bond donors (Lipinski definition) is 2. The zero-order chi connectivity index (χ0) is 11.4. The van der Waals surface area contributed by atoms with Crippen molar-refractivity contribution >= 4 is 0 Å². The number of H-pyrrole nitrogens is 1. The molecular formula is C13H22N2O. The molecular weight excluding hydrogens is 200 g/mol. The average molecular weight is 222 g/mol. The maximum atomic E-state index is 9.45. The van der Waals surface area contributed by atoms with Crippen LogP contribution in [0.25, 0.3) is 0 Å². The second-order valence-electron chi connectivity index (χ2n) is 5.07. The van der Waals surface area contributed by atoms with Crippen molar-refractivity contribution in [1.29, 1.82) is 0 Å². The highest BCUT2D eigenvalue weighted by Gasteiger charge is 2.20. The van der Waals surface area contributed by atoms with Crippen LogP contribution in [0.1, 0.15) is 31.4 Å². The van der Waals surface area contributed by atoms with E-state index in [2.05, 4.69) is 23.0 Å². The molecule has 1 aliphatic carbocycles. The van der Waals surface area contributed by atoms with Crippen LogP contribution in [0.4, 0.5) is 0 Å². The maximum absolute atomic E-state index is 9.45. The topological polar surface area (TPSA) is 39.3 Å². The summed E-state index contributed by atoms with van der Waals surface area (Å²) in [6.07, 6.45) is 6.26. The molecule has 1 saturated carbocycles. The Labute approximate surface area is 97.5 Å². The molecule has 0 aliphatic heterocycles. The fourth-order valence-corrected chi connectivity index (χ4v) is 2.59. The standard InChI is InChI=1S/C13H22N2O/c1-15(10-12-3-2-8-14-12)9-11-4-6-13(16)7-5-11/h2-3,8,11,13-14,16H,4-7,9-10H2,1H3.